The highest BCUT2D eigenvalue weighted by Gasteiger charge is 2.06. The van der Waals surface area contributed by atoms with Crippen LogP contribution in [0.25, 0.3) is 5.65 Å². The predicted octanol–water partition coefficient (Wildman–Crippen LogP) is 2.71. The van der Waals surface area contributed by atoms with Gasteiger partial charge in [0, 0.05) is 5.56 Å². The van der Waals surface area contributed by atoms with E-state index in [0.29, 0.717) is 5.65 Å². The molecule has 0 bridgehead atoms. The molecule has 0 unspecified atom stereocenters. The molecule has 2 heterocycles. The van der Waals surface area contributed by atoms with Crippen molar-refractivity contribution in [1.82, 2.24) is 14.6 Å². The second-order valence-electron chi connectivity index (χ2n) is 3.09. The van der Waals surface area contributed by atoms with E-state index in [1.807, 2.05) is 20.8 Å². The van der Waals surface area contributed by atoms with E-state index < -0.39 is 13.0 Å². The lowest BCUT2D eigenvalue weighted by Gasteiger charge is -2.04. The molecule has 2 aromatic heterocycles. The SMILES string of the molecule is CC.Cc1cnn2cc(OCC(F)F)cnc12. The fourth-order valence-corrected chi connectivity index (χ4v) is 1.21. The van der Waals surface area contributed by atoms with E-state index in [-0.39, 0.29) is 5.75 Å². The molecule has 0 amide bonds. The third-order valence-corrected chi connectivity index (χ3v) is 1.89. The summed E-state index contributed by atoms with van der Waals surface area (Å²) in [6, 6.07) is 0. The summed E-state index contributed by atoms with van der Waals surface area (Å²) in [5.41, 5.74) is 1.62. The molecule has 2 aromatic rings. The summed E-state index contributed by atoms with van der Waals surface area (Å²) in [5, 5.41) is 3.99. The fourth-order valence-electron chi connectivity index (χ4n) is 1.21. The van der Waals surface area contributed by atoms with Crippen LogP contribution in [-0.4, -0.2) is 27.6 Å². The Balaban J connectivity index is 0.000000686. The first-order valence-corrected chi connectivity index (χ1v) is 5.38. The van der Waals surface area contributed by atoms with Crippen LogP contribution in [0.1, 0.15) is 19.4 Å². The Morgan fingerprint density at radius 1 is 1.35 bits per heavy atom. The molecule has 0 aliphatic heterocycles. The molecule has 0 saturated heterocycles. The normalized spacial score (nSPS) is 10.2. The van der Waals surface area contributed by atoms with Crippen LogP contribution < -0.4 is 4.74 Å². The molecular formula is C11H15F2N3O. The van der Waals surface area contributed by atoms with E-state index in [9.17, 15) is 8.78 Å². The largest absolute Gasteiger partial charge is 0.484 e. The predicted molar refractivity (Wildman–Crippen MR) is 60.6 cm³/mol. The molecule has 17 heavy (non-hydrogen) atoms. The van der Waals surface area contributed by atoms with Gasteiger partial charge in [0.1, 0.15) is 6.61 Å². The smallest absolute Gasteiger partial charge is 0.272 e. The molecule has 4 nitrogen and oxygen atoms in total. The zero-order chi connectivity index (χ0) is 12.8. The third kappa shape index (κ3) is 3.37. The van der Waals surface area contributed by atoms with Gasteiger partial charge in [0.05, 0.1) is 18.6 Å². The quantitative estimate of drug-likeness (QED) is 0.832. The molecule has 0 N–H and O–H groups in total. The van der Waals surface area contributed by atoms with Gasteiger partial charge in [-0.25, -0.2) is 18.3 Å². The lowest BCUT2D eigenvalue weighted by Crippen LogP contribution is -2.07. The number of rotatable bonds is 3. The van der Waals surface area contributed by atoms with Crippen molar-refractivity contribution >= 4 is 5.65 Å². The summed E-state index contributed by atoms with van der Waals surface area (Å²) >= 11 is 0. The zero-order valence-corrected chi connectivity index (χ0v) is 10.0. The highest BCUT2D eigenvalue weighted by atomic mass is 19.3. The van der Waals surface area contributed by atoms with Crippen molar-refractivity contribution in [1.29, 1.82) is 0 Å². The first kappa shape index (κ1) is 13.3. The first-order valence-electron chi connectivity index (χ1n) is 5.38. The van der Waals surface area contributed by atoms with Gasteiger partial charge in [-0.1, -0.05) is 13.8 Å². The van der Waals surface area contributed by atoms with E-state index in [0.717, 1.165) is 5.56 Å². The number of aryl methyl sites for hydroxylation is 1. The number of nitrogens with zero attached hydrogens (tertiary/aromatic N) is 3. The molecule has 94 valence electrons. The summed E-state index contributed by atoms with van der Waals surface area (Å²) in [4.78, 5) is 4.05. The minimum Gasteiger partial charge on any atom is -0.484 e. The number of aromatic nitrogens is 3. The monoisotopic (exact) mass is 243 g/mol. The van der Waals surface area contributed by atoms with Gasteiger partial charge in [0.25, 0.3) is 6.43 Å². The second-order valence-corrected chi connectivity index (χ2v) is 3.09. The van der Waals surface area contributed by atoms with Crippen molar-refractivity contribution in [2.75, 3.05) is 6.61 Å². The highest BCUT2D eigenvalue weighted by Crippen LogP contribution is 2.13. The van der Waals surface area contributed by atoms with Crippen LogP contribution in [0.3, 0.4) is 0 Å². The Labute approximate surface area is 98.2 Å². The molecular weight excluding hydrogens is 228 g/mol. The molecule has 0 aromatic carbocycles. The molecule has 0 atom stereocenters. The van der Waals surface area contributed by atoms with Crippen LogP contribution in [-0.2, 0) is 0 Å². The maximum atomic E-state index is 11.9. The van der Waals surface area contributed by atoms with Gasteiger partial charge in [0.2, 0.25) is 0 Å². The van der Waals surface area contributed by atoms with Crippen LogP contribution in [0.5, 0.6) is 5.75 Å². The van der Waals surface area contributed by atoms with E-state index in [4.69, 9.17) is 4.74 Å². The number of ether oxygens (including phenoxy) is 1. The van der Waals surface area contributed by atoms with Crippen LogP contribution in [0.4, 0.5) is 8.78 Å². The number of hydrogen-bond donors (Lipinski definition) is 0. The van der Waals surface area contributed by atoms with E-state index in [1.165, 1.54) is 16.9 Å². The van der Waals surface area contributed by atoms with Crippen molar-refractivity contribution in [2.24, 2.45) is 0 Å². The van der Waals surface area contributed by atoms with Crippen molar-refractivity contribution in [3.05, 3.63) is 24.2 Å². The number of hydrogen-bond acceptors (Lipinski definition) is 3. The van der Waals surface area contributed by atoms with E-state index in [1.54, 1.807) is 6.20 Å². The van der Waals surface area contributed by atoms with E-state index in [2.05, 4.69) is 10.1 Å². The fraction of sp³-hybridized carbons (Fsp3) is 0.455. The summed E-state index contributed by atoms with van der Waals surface area (Å²) in [6.07, 6.45) is 2.10. The van der Waals surface area contributed by atoms with Crippen molar-refractivity contribution < 1.29 is 13.5 Å². The minimum absolute atomic E-state index is 0.283. The topological polar surface area (TPSA) is 39.4 Å². The van der Waals surface area contributed by atoms with Gasteiger partial charge < -0.3 is 4.74 Å². The average molecular weight is 243 g/mol. The third-order valence-electron chi connectivity index (χ3n) is 1.89. The van der Waals surface area contributed by atoms with Gasteiger partial charge in [0.15, 0.2) is 11.4 Å². The van der Waals surface area contributed by atoms with Gasteiger partial charge >= 0.3 is 0 Å². The van der Waals surface area contributed by atoms with Gasteiger partial charge in [-0.05, 0) is 6.92 Å². The molecule has 2 rings (SSSR count). The molecule has 6 heteroatoms. The lowest BCUT2D eigenvalue weighted by atomic mass is 10.4. The van der Waals surface area contributed by atoms with E-state index >= 15 is 0 Å². The first-order chi connectivity index (χ1) is 8.16. The molecule has 0 fully saturated rings. The summed E-state index contributed by atoms with van der Waals surface area (Å²) in [5.74, 6) is 0.283. The second kappa shape index (κ2) is 6.12. The average Bonchev–Trinajstić information content (AvgIpc) is 2.71. The number of halogens is 2. The Bertz CT molecular complexity index is 471. The number of alkyl halides is 2. The van der Waals surface area contributed by atoms with Gasteiger partial charge in [-0.2, -0.15) is 5.10 Å². The molecule has 0 saturated carbocycles. The summed E-state index contributed by atoms with van der Waals surface area (Å²) in [6.45, 7) is 5.24. The maximum absolute atomic E-state index is 11.9. The Kier molecular flexibility index (Phi) is 4.81. The zero-order valence-electron chi connectivity index (χ0n) is 10.0. The minimum atomic E-state index is -2.49. The van der Waals surface area contributed by atoms with Crippen molar-refractivity contribution in [3.63, 3.8) is 0 Å². The summed E-state index contributed by atoms with van der Waals surface area (Å²) in [7, 11) is 0. The summed E-state index contributed by atoms with van der Waals surface area (Å²) < 4.78 is 30.0. The Hall–Kier alpha value is -1.72. The van der Waals surface area contributed by atoms with Crippen LogP contribution >= 0.6 is 0 Å². The Morgan fingerprint density at radius 2 is 2.06 bits per heavy atom. The van der Waals surface area contributed by atoms with Gasteiger partial charge in [-0.15, -0.1) is 0 Å². The Morgan fingerprint density at radius 3 is 2.71 bits per heavy atom. The van der Waals surface area contributed by atoms with Crippen molar-refractivity contribution in [2.45, 2.75) is 27.2 Å². The van der Waals surface area contributed by atoms with Crippen molar-refractivity contribution in [3.8, 4) is 5.75 Å². The molecule has 0 radical (unpaired) electrons. The maximum Gasteiger partial charge on any atom is 0.272 e. The highest BCUT2D eigenvalue weighted by molar-refractivity contribution is 5.45. The van der Waals surface area contributed by atoms with Crippen LogP contribution in [0.15, 0.2) is 18.6 Å². The molecule has 0 spiro atoms. The number of fused-ring (bicyclic) bond motifs is 1. The van der Waals surface area contributed by atoms with Crippen LogP contribution in [0, 0.1) is 6.92 Å². The standard InChI is InChI=1S/C9H9F2N3O.C2H6/c1-6-2-13-14-4-7(3-12-9(6)14)15-5-8(10)11;1-2/h2-4,8H,5H2,1H3;1-2H3. The molecule has 0 aliphatic carbocycles. The van der Waals surface area contributed by atoms with Gasteiger partial charge in [-0.3, -0.25) is 0 Å². The van der Waals surface area contributed by atoms with Crippen LogP contribution in [0.2, 0.25) is 0 Å². The molecule has 0 aliphatic rings. The lowest BCUT2D eigenvalue weighted by molar-refractivity contribution is 0.0814.